The first-order chi connectivity index (χ1) is 9.26. The predicted octanol–water partition coefficient (Wildman–Crippen LogP) is 2.90. The van der Waals surface area contributed by atoms with E-state index >= 15 is 0 Å². The lowest BCUT2D eigenvalue weighted by Gasteiger charge is -2.22. The second-order valence-corrected chi connectivity index (χ2v) is 5.79. The van der Waals surface area contributed by atoms with Crippen molar-refractivity contribution in [2.24, 2.45) is 16.3 Å². The van der Waals surface area contributed by atoms with Crippen LogP contribution in [0.3, 0.4) is 0 Å². The molecule has 7 nitrogen and oxygen atoms in total. The van der Waals surface area contributed by atoms with Crippen LogP contribution in [0.15, 0.2) is 27.8 Å². The highest BCUT2D eigenvalue weighted by atomic mass is 79.9. The zero-order valence-corrected chi connectivity index (χ0v) is 12.8. The van der Waals surface area contributed by atoms with Gasteiger partial charge in [0.2, 0.25) is 0 Å². The van der Waals surface area contributed by atoms with Crippen molar-refractivity contribution in [3.8, 4) is 5.75 Å². The first kappa shape index (κ1) is 16.2. The average molecular weight is 346 g/mol. The number of ether oxygens (including phenoxy) is 1. The molecular weight excluding hydrogens is 330 g/mol. The van der Waals surface area contributed by atoms with Crippen LogP contribution in [0.25, 0.3) is 0 Å². The molecule has 0 heterocycles. The fourth-order valence-electron chi connectivity index (χ4n) is 1.42. The molecule has 8 heteroatoms. The Morgan fingerprint density at radius 1 is 1.55 bits per heavy atom. The number of non-ortho nitro benzene ring substituents is 1. The first-order valence-corrected chi connectivity index (χ1v) is 6.61. The molecule has 0 aliphatic heterocycles. The first-order valence-electron chi connectivity index (χ1n) is 5.82. The van der Waals surface area contributed by atoms with E-state index in [0.29, 0.717) is 16.6 Å². The van der Waals surface area contributed by atoms with E-state index in [9.17, 15) is 10.1 Å². The van der Waals surface area contributed by atoms with Crippen LogP contribution in [-0.2, 0) is 0 Å². The van der Waals surface area contributed by atoms with Crippen LogP contribution in [0.5, 0.6) is 5.75 Å². The highest BCUT2D eigenvalue weighted by molar-refractivity contribution is 9.10. The fourth-order valence-corrected chi connectivity index (χ4v) is 1.88. The highest BCUT2D eigenvalue weighted by Gasteiger charge is 2.23. The zero-order chi connectivity index (χ0) is 15.3. The van der Waals surface area contributed by atoms with Gasteiger partial charge in [-0.3, -0.25) is 10.1 Å². The van der Waals surface area contributed by atoms with Crippen molar-refractivity contribution in [3.63, 3.8) is 0 Å². The number of nitrogens with zero attached hydrogens (tertiary/aromatic N) is 2. The van der Waals surface area contributed by atoms with Crippen LogP contribution in [0.1, 0.15) is 20.3 Å². The van der Waals surface area contributed by atoms with Gasteiger partial charge in [0.05, 0.1) is 17.6 Å². The number of oxime groups is 1. The number of rotatable bonds is 6. The topological polar surface area (TPSA) is 111 Å². The minimum absolute atomic E-state index is 0.0509. The molecule has 0 unspecified atom stereocenters. The lowest BCUT2D eigenvalue weighted by molar-refractivity contribution is -0.385. The molecule has 0 fully saturated rings. The number of hydrogen-bond acceptors (Lipinski definition) is 5. The molecule has 20 heavy (non-hydrogen) atoms. The molecule has 110 valence electrons. The maximum Gasteiger partial charge on any atom is 0.274 e. The third-order valence-electron chi connectivity index (χ3n) is 2.86. The van der Waals surface area contributed by atoms with Crippen molar-refractivity contribution in [3.05, 3.63) is 32.8 Å². The van der Waals surface area contributed by atoms with Gasteiger partial charge in [0.15, 0.2) is 0 Å². The molecular formula is C12H16BrN3O4. The Kier molecular flexibility index (Phi) is 5.32. The van der Waals surface area contributed by atoms with Gasteiger partial charge >= 0.3 is 0 Å². The zero-order valence-electron chi connectivity index (χ0n) is 11.2. The summed E-state index contributed by atoms with van der Waals surface area (Å²) in [4.78, 5) is 10.2. The monoisotopic (exact) mass is 345 g/mol. The van der Waals surface area contributed by atoms with E-state index in [1.165, 1.54) is 12.1 Å². The third-order valence-corrected chi connectivity index (χ3v) is 3.32. The van der Waals surface area contributed by atoms with Crippen molar-refractivity contribution in [1.82, 2.24) is 0 Å². The normalized spacial score (nSPS) is 12.2. The summed E-state index contributed by atoms with van der Waals surface area (Å²) in [5, 5.41) is 22.4. The van der Waals surface area contributed by atoms with E-state index < -0.39 is 10.3 Å². The molecule has 3 N–H and O–H groups in total. The van der Waals surface area contributed by atoms with Crippen molar-refractivity contribution in [2.75, 3.05) is 6.61 Å². The molecule has 0 saturated heterocycles. The summed E-state index contributed by atoms with van der Waals surface area (Å²) in [5.74, 6) is 0.503. The number of benzene rings is 1. The van der Waals surface area contributed by atoms with E-state index in [-0.39, 0.29) is 18.1 Å². The summed E-state index contributed by atoms with van der Waals surface area (Å²) in [6.07, 6.45) is 0.503. The summed E-state index contributed by atoms with van der Waals surface area (Å²) in [7, 11) is 0. The number of halogens is 1. The molecule has 0 saturated carbocycles. The number of nitro benzene ring substituents is 1. The van der Waals surface area contributed by atoms with E-state index in [0.717, 1.165) is 0 Å². The van der Waals surface area contributed by atoms with Gasteiger partial charge in [-0.2, -0.15) is 0 Å². The van der Waals surface area contributed by atoms with Crippen molar-refractivity contribution in [2.45, 2.75) is 20.3 Å². The van der Waals surface area contributed by atoms with Crippen LogP contribution >= 0.6 is 15.9 Å². The molecule has 0 aliphatic rings. The molecule has 0 aromatic heterocycles. The number of nitro groups is 1. The Bertz CT molecular complexity index is 531. The Morgan fingerprint density at radius 2 is 2.20 bits per heavy atom. The van der Waals surface area contributed by atoms with Crippen LogP contribution in [0.2, 0.25) is 0 Å². The van der Waals surface area contributed by atoms with Gasteiger partial charge in [0.1, 0.15) is 11.6 Å². The van der Waals surface area contributed by atoms with Crippen molar-refractivity contribution < 1.29 is 14.9 Å². The Labute approximate surface area is 124 Å². The second-order valence-electron chi connectivity index (χ2n) is 4.87. The number of nitrogens with two attached hydrogens (primary N) is 1. The summed E-state index contributed by atoms with van der Waals surface area (Å²) < 4.78 is 6.05. The maximum atomic E-state index is 10.7. The minimum Gasteiger partial charge on any atom is -0.493 e. The van der Waals surface area contributed by atoms with E-state index in [4.69, 9.17) is 15.7 Å². The summed E-state index contributed by atoms with van der Waals surface area (Å²) in [6.45, 7) is 3.92. The molecule has 0 amide bonds. The van der Waals surface area contributed by atoms with Crippen LogP contribution < -0.4 is 10.5 Å². The van der Waals surface area contributed by atoms with Gasteiger partial charge in [-0.25, -0.2) is 0 Å². The smallest absolute Gasteiger partial charge is 0.274 e. The predicted molar refractivity (Wildman–Crippen MR) is 78.1 cm³/mol. The van der Waals surface area contributed by atoms with E-state index in [1.54, 1.807) is 6.07 Å². The van der Waals surface area contributed by atoms with Gasteiger partial charge in [-0.1, -0.05) is 34.9 Å². The third kappa shape index (κ3) is 4.37. The van der Waals surface area contributed by atoms with Crippen LogP contribution in [0, 0.1) is 15.5 Å². The minimum atomic E-state index is -0.521. The quantitative estimate of drug-likeness (QED) is 0.270. The van der Waals surface area contributed by atoms with Gasteiger partial charge < -0.3 is 15.7 Å². The lowest BCUT2D eigenvalue weighted by atomic mass is 9.88. The largest absolute Gasteiger partial charge is 0.493 e. The SMILES string of the molecule is CC(C)(CCOc1cc(Br)cc([N+](=O)[O-])c1)/C(N)=N/O. The summed E-state index contributed by atoms with van der Waals surface area (Å²) in [5.41, 5.74) is 4.99. The molecule has 0 atom stereocenters. The van der Waals surface area contributed by atoms with Crippen molar-refractivity contribution >= 4 is 27.5 Å². The second kappa shape index (κ2) is 6.56. The molecule has 1 aromatic rings. The number of hydrogen-bond donors (Lipinski definition) is 2. The Hall–Kier alpha value is -1.83. The maximum absolute atomic E-state index is 10.7. The van der Waals surface area contributed by atoms with Gasteiger partial charge in [-0.05, 0) is 12.5 Å². The molecule has 1 aromatic carbocycles. The van der Waals surface area contributed by atoms with Gasteiger partial charge in [-0.15, -0.1) is 0 Å². The molecule has 0 spiro atoms. The van der Waals surface area contributed by atoms with E-state index in [1.807, 2.05) is 13.8 Å². The Balaban J connectivity index is 2.69. The molecule has 0 bridgehead atoms. The van der Waals surface area contributed by atoms with Crippen molar-refractivity contribution in [1.29, 1.82) is 0 Å². The molecule has 0 radical (unpaired) electrons. The molecule has 0 aliphatic carbocycles. The lowest BCUT2D eigenvalue weighted by Crippen LogP contribution is -2.33. The van der Waals surface area contributed by atoms with Gasteiger partial charge in [0, 0.05) is 16.0 Å². The summed E-state index contributed by atoms with van der Waals surface area (Å²) >= 11 is 3.19. The number of amidine groups is 1. The Morgan fingerprint density at radius 3 is 2.75 bits per heavy atom. The van der Waals surface area contributed by atoms with Gasteiger partial charge in [0.25, 0.3) is 5.69 Å². The summed E-state index contributed by atoms with van der Waals surface area (Å²) in [6, 6.07) is 4.39. The highest BCUT2D eigenvalue weighted by Crippen LogP contribution is 2.27. The van der Waals surface area contributed by atoms with E-state index in [2.05, 4.69) is 21.1 Å². The average Bonchev–Trinajstić information content (AvgIpc) is 2.36. The fraction of sp³-hybridized carbons (Fsp3) is 0.417. The van der Waals surface area contributed by atoms with Crippen LogP contribution in [-0.4, -0.2) is 22.6 Å². The molecule has 1 rings (SSSR count). The standard InChI is InChI=1S/C12H16BrN3O4/c1-12(2,11(14)15-17)3-4-20-10-6-8(13)5-9(7-10)16(18)19/h5-7,17H,3-4H2,1-2H3,(H2,14,15). The van der Waals surface area contributed by atoms with Crippen LogP contribution in [0.4, 0.5) is 5.69 Å².